The van der Waals surface area contributed by atoms with Crippen molar-refractivity contribution < 1.29 is 4.79 Å². The van der Waals surface area contributed by atoms with Crippen molar-refractivity contribution in [1.29, 1.82) is 0 Å². The van der Waals surface area contributed by atoms with E-state index < -0.39 is 0 Å². The summed E-state index contributed by atoms with van der Waals surface area (Å²) in [6, 6.07) is 17.6. The number of amides is 1. The van der Waals surface area contributed by atoms with E-state index in [9.17, 15) is 4.79 Å². The van der Waals surface area contributed by atoms with Gasteiger partial charge in [-0.1, -0.05) is 12.1 Å². The van der Waals surface area contributed by atoms with E-state index in [2.05, 4.69) is 43.0 Å². The van der Waals surface area contributed by atoms with Crippen molar-refractivity contribution in [2.45, 2.75) is 6.17 Å². The van der Waals surface area contributed by atoms with Crippen molar-refractivity contribution in [2.24, 2.45) is 0 Å². The quantitative estimate of drug-likeness (QED) is 0.536. The Morgan fingerprint density at radius 3 is 2.33 bits per heavy atom. The number of benzene rings is 2. The summed E-state index contributed by atoms with van der Waals surface area (Å²) in [4.78, 5) is 17.3. The number of H-pyrrole nitrogens is 1. The van der Waals surface area contributed by atoms with Crippen LogP contribution in [0.2, 0.25) is 0 Å². The number of anilines is 4. The van der Waals surface area contributed by atoms with Crippen LogP contribution in [0.25, 0.3) is 0 Å². The fourth-order valence-corrected chi connectivity index (χ4v) is 3.86. The van der Waals surface area contributed by atoms with E-state index >= 15 is 0 Å². The van der Waals surface area contributed by atoms with Crippen LogP contribution < -0.4 is 20.9 Å². The molecule has 0 unspecified atom stereocenters. The number of hydrogen-bond donors (Lipinski definition) is 4. The number of likely N-dealkylation sites (N-methyl/N-ethyl adjacent to an activating group) is 1. The second-order valence-corrected chi connectivity index (χ2v) is 7.77. The summed E-state index contributed by atoms with van der Waals surface area (Å²) >= 11 is 0. The first-order valence-corrected chi connectivity index (χ1v) is 10.2. The molecule has 3 aromatic rings. The van der Waals surface area contributed by atoms with Crippen LogP contribution >= 0.6 is 0 Å². The second kappa shape index (κ2) is 7.72. The highest BCUT2D eigenvalue weighted by atomic mass is 16.1. The lowest BCUT2D eigenvalue weighted by atomic mass is 10.1. The van der Waals surface area contributed by atoms with Gasteiger partial charge in [-0.15, -0.1) is 0 Å². The highest BCUT2D eigenvalue weighted by molar-refractivity contribution is 6.04. The van der Waals surface area contributed by atoms with E-state index in [1.54, 1.807) is 0 Å². The van der Waals surface area contributed by atoms with E-state index in [0.717, 1.165) is 48.9 Å². The summed E-state index contributed by atoms with van der Waals surface area (Å²) in [6.07, 6.45) is -0.108. The van der Waals surface area contributed by atoms with Gasteiger partial charge in [-0.2, -0.15) is 5.10 Å². The number of hydrogen-bond acceptors (Lipinski definition) is 6. The Morgan fingerprint density at radius 2 is 1.67 bits per heavy atom. The Morgan fingerprint density at radius 1 is 1.00 bits per heavy atom. The predicted molar refractivity (Wildman–Crippen MR) is 119 cm³/mol. The number of carbonyl (C=O) groups is 1. The van der Waals surface area contributed by atoms with Gasteiger partial charge in [0.25, 0.3) is 5.91 Å². The van der Waals surface area contributed by atoms with E-state index in [1.807, 2.05) is 54.6 Å². The molecule has 2 aromatic carbocycles. The third-order valence-corrected chi connectivity index (χ3v) is 5.67. The van der Waals surface area contributed by atoms with Crippen molar-refractivity contribution in [1.82, 2.24) is 15.1 Å². The SMILES string of the molecule is CN1CCN(c2ccc(C(=O)Nc3cc(C4Nc5ccccc5N4)[nH]n3)cc2)CC1. The Bertz CT molecular complexity index is 1010. The number of nitrogens with one attached hydrogen (secondary N) is 4. The first-order valence-electron chi connectivity index (χ1n) is 10.2. The van der Waals surface area contributed by atoms with Crippen LogP contribution in [0.1, 0.15) is 22.2 Å². The predicted octanol–water partition coefficient (Wildman–Crippen LogP) is 2.95. The Labute approximate surface area is 175 Å². The minimum absolute atomic E-state index is 0.108. The Balaban J connectivity index is 1.21. The number of nitrogens with zero attached hydrogens (tertiary/aromatic N) is 3. The Hall–Kier alpha value is -3.52. The largest absolute Gasteiger partial charge is 0.369 e. The van der Waals surface area contributed by atoms with Gasteiger partial charge in [0.2, 0.25) is 0 Å². The van der Waals surface area contributed by atoms with Crippen LogP contribution in [-0.2, 0) is 0 Å². The van der Waals surface area contributed by atoms with Gasteiger partial charge in [-0.05, 0) is 43.4 Å². The van der Waals surface area contributed by atoms with Gasteiger partial charge in [0, 0.05) is 43.5 Å². The zero-order chi connectivity index (χ0) is 20.5. The Kier molecular flexibility index (Phi) is 4.76. The van der Waals surface area contributed by atoms with Crippen LogP contribution in [0.15, 0.2) is 54.6 Å². The van der Waals surface area contributed by atoms with Crippen molar-refractivity contribution in [2.75, 3.05) is 54.1 Å². The van der Waals surface area contributed by atoms with Crippen LogP contribution in [0.5, 0.6) is 0 Å². The molecule has 4 N–H and O–H groups in total. The molecule has 0 bridgehead atoms. The first-order chi connectivity index (χ1) is 14.7. The number of para-hydroxylation sites is 2. The molecule has 5 rings (SSSR count). The molecule has 0 saturated carbocycles. The number of carbonyl (C=O) groups excluding carboxylic acids is 1. The standard InChI is InChI=1S/C22H25N7O/c1-28-10-12-29(13-11-28)16-8-6-15(7-9-16)22(30)25-20-14-19(26-27-20)21-23-17-4-2-3-5-18(17)24-21/h2-9,14,21,23-24H,10-13H2,1H3,(H2,25,26,27,30). The minimum atomic E-state index is -0.173. The topological polar surface area (TPSA) is 88.3 Å². The lowest BCUT2D eigenvalue weighted by Gasteiger charge is -2.34. The molecule has 154 valence electrons. The average Bonchev–Trinajstić information content (AvgIpc) is 3.41. The number of piperazine rings is 1. The number of aromatic nitrogens is 2. The smallest absolute Gasteiger partial charge is 0.256 e. The summed E-state index contributed by atoms with van der Waals surface area (Å²) in [5.74, 6) is 0.325. The van der Waals surface area contributed by atoms with E-state index in [1.165, 1.54) is 0 Å². The van der Waals surface area contributed by atoms with Crippen LogP contribution in [-0.4, -0.2) is 54.2 Å². The van der Waals surface area contributed by atoms with Gasteiger partial charge in [0.1, 0.15) is 6.17 Å². The molecule has 3 heterocycles. The monoisotopic (exact) mass is 403 g/mol. The summed E-state index contributed by atoms with van der Waals surface area (Å²) < 4.78 is 0. The third kappa shape index (κ3) is 3.69. The molecule has 30 heavy (non-hydrogen) atoms. The summed E-state index contributed by atoms with van der Waals surface area (Å²) in [6.45, 7) is 4.12. The highest BCUT2D eigenvalue weighted by Gasteiger charge is 2.22. The molecule has 1 saturated heterocycles. The van der Waals surface area contributed by atoms with Gasteiger partial charge in [0.05, 0.1) is 17.1 Å². The molecule has 1 amide bonds. The molecule has 8 nitrogen and oxygen atoms in total. The normalized spacial score (nSPS) is 16.6. The molecular weight excluding hydrogens is 378 g/mol. The van der Waals surface area contributed by atoms with E-state index in [0.29, 0.717) is 11.4 Å². The van der Waals surface area contributed by atoms with Crippen LogP contribution in [0.4, 0.5) is 22.9 Å². The number of aromatic amines is 1. The van der Waals surface area contributed by atoms with Crippen molar-refractivity contribution in [3.05, 3.63) is 65.9 Å². The molecular formula is C22H25N7O. The first kappa shape index (κ1) is 18.5. The highest BCUT2D eigenvalue weighted by Crippen LogP contribution is 2.34. The molecule has 0 spiro atoms. The van der Waals surface area contributed by atoms with Gasteiger partial charge in [-0.25, -0.2) is 0 Å². The minimum Gasteiger partial charge on any atom is -0.369 e. The molecule has 8 heteroatoms. The van der Waals surface area contributed by atoms with Gasteiger partial charge >= 0.3 is 0 Å². The maximum Gasteiger partial charge on any atom is 0.256 e. The van der Waals surface area contributed by atoms with Crippen molar-refractivity contribution >= 4 is 28.8 Å². The zero-order valence-corrected chi connectivity index (χ0v) is 16.9. The lowest BCUT2D eigenvalue weighted by molar-refractivity contribution is 0.102. The van der Waals surface area contributed by atoms with Crippen molar-refractivity contribution in [3.8, 4) is 0 Å². The molecule has 2 aliphatic rings. The molecule has 0 aliphatic carbocycles. The zero-order valence-electron chi connectivity index (χ0n) is 16.9. The molecule has 1 aromatic heterocycles. The molecule has 0 atom stereocenters. The number of rotatable bonds is 4. The van der Waals surface area contributed by atoms with Crippen LogP contribution in [0.3, 0.4) is 0 Å². The molecule has 2 aliphatic heterocycles. The fourth-order valence-electron chi connectivity index (χ4n) is 3.86. The van der Waals surface area contributed by atoms with Gasteiger partial charge in [0.15, 0.2) is 5.82 Å². The fraction of sp³-hybridized carbons (Fsp3) is 0.273. The second-order valence-electron chi connectivity index (χ2n) is 7.77. The van der Waals surface area contributed by atoms with Gasteiger partial charge in [-0.3, -0.25) is 9.89 Å². The summed E-state index contributed by atoms with van der Waals surface area (Å²) in [5.41, 5.74) is 4.71. The van der Waals surface area contributed by atoms with Gasteiger partial charge < -0.3 is 25.8 Å². The third-order valence-electron chi connectivity index (χ3n) is 5.67. The molecule has 1 fully saturated rings. The van der Waals surface area contributed by atoms with Crippen LogP contribution in [0, 0.1) is 0 Å². The molecule has 0 radical (unpaired) electrons. The average molecular weight is 403 g/mol. The van der Waals surface area contributed by atoms with Crippen molar-refractivity contribution in [3.63, 3.8) is 0 Å². The summed E-state index contributed by atoms with van der Waals surface area (Å²) in [7, 11) is 2.14. The van der Waals surface area contributed by atoms with E-state index in [-0.39, 0.29) is 12.1 Å². The van der Waals surface area contributed by atoms with E-state index in [4.69, 9.17) is 0 Å². The lowest BCUT2D eigenvalue weighted by Crippen LogP contribution is -2.44. The maximum atomic E-state index is 12.6. The summed E-state index contributed by atoms with van der Waals surface area (Å²) in [5, 5.41) is 16.9. The maximum absolute atomic E-state index is 12.6. The number of fused-ring (bicyclic) bond motifs is 1.